The molecule has 254 valence electrons. The van der Waals surface area contributed by atoms with Crippen molar-refractivity contribution in [1.82, 2.24) is 9.38 Å². The Morgan fingerprint density at radius 1 is 1.04 bits per heavy atom. The largest absolute Gasteiger partial charge is 0.479 e. The number of nitrogens with zero attached hydrogens (tertiary/aromatic N) is 3. The minimum Gasteiger partial charge on any atom is -0.479 e. The van der Waals surface area contributed by atoms with Gasteiger partial charge < -0.3 is 24.2 Å². The summed E-state index contributed by atoms with van der Waals surface area (Å²) in [4.78, 5) is 20.2. The van der Waals surface area contributed by atoms with Gasteiger partial charge in [-0.25, -0.2) is 9.78 Å². The van der Waals surface area contributed by atoms with Crippen molar-refractivity contribution < 1.29 is 24.1 Å². The number of fused-ring (bicyclic) bond motifs is 7. The van der Waals surface area contributed by atoms with E-state index in [9.17, 15) is 9.90 Å². The third-order valence-electron chi connectivity index (χ3n) is 9.46. The zero-order valence-corrected chi connectivity index (χ0v) is 29.2. The molecule has 1 saturated heterocycles. The number of carboxylic acids is 1. The van der Waals surface area contributed by atoms with Gasteiger partial charge in [0.1, 0.15) is 17.2 Å². The summed E-state index contributed by atoms with van der Waals surface area (Å²) in [5, 5.41) is 10.5. The van der Waals surface area contributed by atoms with Crippen molar-refractivity contribution in [2.24, 2.45) is 5.73 Å². The van der Waals surface area contributed by atoms with Gasteiger partial charge in [-0.3, -0.25) is 10.1 Å². The van der Waals surface area contributed by atoms with Crippen molar-refractivity contribution in [2.75, 3.05) is 24.6 Å². The number of imidazole rings is 1. The fraction of sp³-hybridized carbons (Fsp3) is 0.436. The molecule has 9 nitrogen and oxygen atoms in total. The van der Waals surface area contributed by atoms with Crippen LogP contribution in [0.3, 0.4) is 0 Å². The lowest BCUT2D eigenvalue weighted by atomic mass is 9.92. The summed E-state index contributed by atoms with van der Waals surface area (Å²) in [5.41, 5.74) is 13.6. The summed E-state index contributed by atoms with van der Waals surface area (Å²) in [6.45, 7) is 15.8. The molecule has 2 aromatic carbocycles. The molecular weight excluding hydrogens is 604 g/mol. The standard InChI is InChI=1S/C39H48N4O5/c1-24-19-29-27-11-10-12-28(22-27)30-23-43-33(41-30)21-26(3)34(35(37(44)45)48-38(4,5)6)36(43)42-16-14-39(7,15-17-42)46-18-9-8-13-32(40)47-31(29)20-25(24)2/h8-12,19-23,32,35H,13-18,40H2,1-7H3,(H,44,45). The SMILES string of the molecule is Cc1cc2c(cc1C)-c1cccc(c1)-c1cn3c(c(C(OC(C)(C)C)C(=O)O)c(C)cc3n1)N1CCC(C)(CC1)OCC=CCC(N)O2. The van der Waals surface area contributed by atoms with Crippen LogP contribution in [0.15, 0.2) is 60.8 Å². The summed E-state index contributed by atoms with van der Waals surface area (Å²) in [5.74, 6) is 0.508. The number of carboxylic acid groups (broad SMARTS) is 1. The molecule has 2 unspecified atom stereocenters. The summed E-state index contributed by atoms with van der Waals surface area (Å²) in [6, 6.07) is 14.5. The van der Waals surface area contributed by atoms with Crippen molar-refractivity contribution in [2.45, 2.75) is 91.3 Å². The fourth-order valence-corrected chi connectivity index (χ4v) is 6.67. The second-order valence-electron chi connectivity index (χ2n) is 14.5. The Morgan fingerprint density at radius 2 is 1.75 bits per heavy atom. The highest BCUT2D eigenvalue weighted by Gasteiger charge is 2.37. The van der Waals surface area contributed by atoms with Crippen LogP contribution in [0.1, 0.15) is 75.3 Å². The third-order valence-corrected chi connectivity index (χ3v) is 9.46. The highest BCUT2D eigenvalue weighted by Crippen LogP contribution is 2.40. The number of hydrogen-bond acceptors (Lipinski definition) is 7. The number of nitrogens with two attached hydrogens (primary N) is 1. The molecule has 5 heterocycles. The summed E-state index contributed by atoms with van der Waals surface area (Å²) in [7, 11) is 0. The molecule has 0 saturated carbocycles. The number of aliphatic carboxylic acids is 1. The van der Waals surface area contributed by atoms with E-state index in [4.69, 9.17) is 24.9 Å². The van der Waals surface area contributed by atoms with Gasteiger partial charge in [0.15, 0.2) is 12.3 Å². The maximum absolute atomic E-state index is 12.9. The Balaban J connectivity index is 1.55. The van der Waals surface area contributed by atoms with Gasteiger partial charge in [-0.15, -0.1) is 0 Å². The number of aromatic nitrogens is 2. The van der Waals surface area contributed by atoms with Crippen LogP contribution >= 0.6 is 0 Å². The van der Waals surface area contributed by atoms with E-state index in [-0.39, 0.29) is 5.60 Å². The van der Waals surface area contributed by atoms with Crippen LogP contribution in [0.2, 0.25) is 0 Å². The van der Waals surface area contributed by atoms with Gasteiger partial charge in [-0.2, -0.15) is 0 Å². The molecule has 3 aliphatic rings. The van der Waals surface area contributed by atoms with E-state index >= 15 is 0 Å². The van der Waals surface area contributed by atoms with E-state index in [2.05, 4.69) is 56.0 Å². The van der Waals surface area contributed by atoms with E-state index in [0.717, 1.165) is 69.1 Å². The summed E-state index contributed by atoms with van der Waals surface area (Å²) in [6.07, 6.45) is 6.48. The third kappa shape index (κ3) is 6.99. The fourth-order valence-electron chi connectivity index (χ4n) is 6.67. The first kappa shape index (κ1) is 33.7. The van der Waals surface area contributed by atoms with Crippen LogP contribution in [-0.4, -0.2) is 57.6 Å². The maximum atomic E-state index is 12.9. The van der Waals surface area contributed by atoms with Gasteiger partial charge in [-0.05, 0) is 108 Å². The number of anilines is 1. The van der Waals surface area contributed by atoms with Crippen molar-refractivity contribution in [1.29, 1.82) is 0 Å². The lowest BCUT2D eigenvalue weighted by Gasteiger charge is -2.41. The molecule has 0 spiro atoms. The molecule has 2 atom stereocenters. The van der Waals surface area contributed by atoms with Crippen molar-refractivity contribution >= 4 is 17.4 Å². The van der Waals surface area contributed by atoms with Gasteiger partial charge in [0.05, 0.1) is 23.5 Å². The van der Waals surface area contributed by atoms with Gasteiger partial charge in [0.2, 0.25) is 0 Å². The van der Waals surface area contributed by atoms with Crippen LogP contribution in [0.5, 0.6) is 5.75 Å². The highest BCUT2D eigenvalue weighted by molar-refractivity contribution is 5.81. The summed E-state index contributed by atoms with van der Waals surface area (Å²) < 4.78 is 21.1. The Hall–Kier alpha value is -4.18. The molecule has 7 rings (SSSR count). The lowest BCUT2D eigenvalue weighted by Crippen LogP contribution is -2.45. The van der Waals surface area contributed by atoms with Crippen molar-refractivity contribution in [3.63, 3.8) is 0 Å². The van der Waals surface area contributed by atoms with Gasteiger partial charge in [0.25, 0.3) is 0 Å². The first-order valence-electron chi connectivity index (χ1n) is 16.8. The minimum absolute atomic E-state index is 0.327. The average molecular weight is 653 g/mol. The lowest BCUT2D eigenvalue weighted by molar-refractivity contribution is -0.160. The molecule has 48 heavy (non-hydrogen) atoms. The average Bonchev–Trinajstić information content (AvgIpc) is 3.44. The molecule has 3 N–H and O–H groups in total. The van der Waals surface area contributed by atoms with Gasteiger partial charge >= 0.3 is 5.97 Å². The predicted octanol–water partition coefficient (Wildman–Crippen LogP) is 7.53. The van der Waals surface area contributed by atoms with E-state index in [0.29, 0.717) is 31.7 Å². The minimum atomic E-state index is -1.16. The number of carbonyl (C=O) groups is 1. The van der Waals surface area contributed by atoms with Crippen LogP contribution in [0, 0.1) is 20.8 Å². The molecule has 6 bridgehead atoms. The van der Waals surface area contributed by atoms with Crippen molar-refractivity contribution in [3.8, 4) is 28.1 Å². The zero-order valence-electron chi connectivity index (χ0n) is 29.2. The van der Waals surface area contributed by atoms with E-state index < -0.39 is 23.9 Å². The number of ether oxygens (including phenoxy) is 3. The molecule has 9 heteroatoms. The second kappa shape index (κ2) is 13.0. The smallest absolute Gasteiger partial charge is 0.337 e. The summed E-state index contributed by atoms with van der Waals surface area (Å²) >= 11 is 0. The Morgan fingerprint density at radius 3 is 2.46 bits per heavy atom. The number of piperidine rings is 1. The van der Waals surface area contributed by atoms with Crippen LogP contribution in [0.25, 0.3) is 28.0 Å². The number of hydrogen-bond donors (Lipinski definition) is 2. The number of benzene rings is 2. The number of rotatable bonds is 3. The number of pyridine rings is 1. The van der Waals surface area contributed by atoms with E-state index in [1.165, 1.54) is 0 Å². The topological polar surface area (TPSA) is 112 Å². The Labute approximate surface area is 283 Å². The second-order valence-corrected chi connectivity index (χ2v) is 14.5. The maximum Gasteiger partial charge on any atom is 0.337 e. The first-order chi connectivity index (χ1) is 22.7. The zero-order chi connectivity index (χ0) is 34.4. The first-order valence-corrected chi connectivity index (χ1v) is 16.8. The molecule has 1 fully saturated rings. The van der Waals surface area contributed by atoms with Crippen molar-refractivity contribution in [3.05, 3.63) is 83.1 Å². The number of aryl methyl sites for hydroxylation is 3. The molecule has 2 aromatic heterocycles. The van der Waals surface area contributed by atoms with Gasteiger partial charge in [0, 0.05) is 42.4 Å². The quantitative estimate of drug-likeness (QED) is 0.219. The van der Waals surface area contributed by atoms with E-state index in [1.807, 2.05) is 62.6 Å². The molecule has 0 aliphatic carbocycles. The Bertz CT molecular complexity index is 1860. The molecule has 3 aliphatic heterocycles. The van der Waals surface area contributed by atoms with Crippen LogP contribution < -0.4 is 15.4 Å². The van der Waals surface area contributed by atoms with E-state index in [1.54, 1.807) is 0 Å². The molecule has 4 aromatic rings. The molecular formula is C39H48N4O5. The monoisotopic (exact) mass is 652 g/mol. The predicted molar refractivity (Wildman–Crippen MR) is 190 cm³/mol. The normalized spacial score (nSPS) is 20.8. The van der Waals surface area contributed by atoms with Crippen LogP contribution in [-0.2, 0) is 14.3 Å². The van der Waals surface area contributed by atoms with Gasteiger partial charge in [-0.1, -0.05) is 30.4 Å². The Kier molecular flexibility index (Phi) is 9.15. The molecule has 0 radical (unpaired) electrons. The van der Waals surface area contributed by atoms with Crippen LogP contribution in [0.4, 0.5) is 5.82 Å². The highest BCUT2D eigenvalue weighted by atomic mass is 16.5. The molecule has 0 amide bonds.